The molecule has 0 fully saturated rings. The van der Waals surface area contributed by atoms with E-state index in [9.17, 15) is 12.8 Å². The molecule has 0 radical (unpaired) electrons. The molecule has 0 saturated carbocycles. The molecule has 5 nitrogen and oxygen atoms in total. The third kappa shape index (κ3) is 2.95. The maximum atomic E-state index is 13.5. The largest absolute Gasteiger partial charge is 0.362 e. The van der Waals surface area contributed by atoms with Crippen LogP contribution < -0.4 is 10.5 Å². The van der Waals surface area contributed by atoms with Crippen molar-refractivity contribution in [3.63, 3.8) is 0 Å². The van der Waals surface area contributed by atoms with Gasteiger partial charge in [0.2, 0.25) is 10.0 Å². The quantitative estimate of drug-likeness (QED) is 0.909. The summed E-state index contributed by atoms with van der Waals surface area (Å²) >= 11 is 0. The zero-order chi connectivity index (χ0) is 15.7. The fraction of sp³-hybridized carbons (Fsp3) is 0.267. The Morgan fingerprint density at radius 1 is 1.32 bits per heavy atom. The van der Waals surface area contributed by atoms with Gasteiger partial charge in [-0.2, -0.15) is 0 Å². The molecule has 2 aromatic rings. The Bertz CT molecular complexity index is 808. The second-order valence-electron chi connectivity index (χ2n) is 5.33. The number of nitrogens with two attached hydrogens (primary N) is 1. The van der Waals surface area contributed by atoms with E-state index in [-0.39, 0.29) is 22.6 Å². The molecule has 1 aliphatic rings. The monoisotopic (exact) mass is 321 g/mol. The van der Waals surface area contributed by atoms with Gasteiger partial charge < -0.3 is 5.32 Å². The predicted octanol–water partition coefficient (Wildman–Crippen LogP) is 2.36. The Morgan fingerprint density at radius 2 is 2.14 bits per heavy atom. The first-order valence-electron chi connectivity index (χ1n) is 6.98. The van der Waals surface area contributed by atoms with Gasteiger partial charge in [0.1, 0.15) is 16.5 Å². The molecule has 3 rings (SSSR count). The second-order valence-corrected chi connectivity index (χ2v) is 6.86. The molecule has 116 valence electrons. The fourth-order valence-corrected chi connectivity index (χ4v) is 3.46. The number of aryl methyl sites for hydroxylation is 1. The molecule has 0 aliphatic heterocycles. The second kappa shape index (κ2) is 5.66. The standard InChI is InChI=1S/C15H16FN3O2S/c16-11-7-6-10-3-1-4-13(12(10)9-11)19-15-14(22(17,20)21)5-2-8-18-15/h2,5-9,13H,1,3-4H2,(H,18,19)(H2,17,20,21). The van der Waals surface area contributed by atoms with Gasteiger partial charge >= 0.3 is 0 Å². The van der Waals surface area contributed by atoms with Crippen LogP contribution in [0.2, 0.25) is 0 Å². The molecular weight excluding hydrogens is 305 g/mol. The van der Waals surface area contributed by atoms with Gasteiger partial charge in [-0.15, -0.1) is 0 Å². The van der Waals surface area contributed by atoms with Crippen molar-refractivity contribution in [2.24, 2.45) is 5.14 Å². The summed E-state index contributed by atoms with van der Waals surface area (Å²) in [7, 11) is -3.87. The molecule has 1 heterocycles. The molecule has 1 aromatic heterocycles. The van der Waals surface area contributed by atoms with Crippen LogP contribution in [0.3, 0.4) is 0 Å². The first-order chi connectivity index (χ1) is 10.4. The smallest absolute Gasteiger partial charge is 0.241 e. The lowest BCUT2D eigenvalue weighted by atomic mass is 9.87. The van der Waals surface area contributed by atoms with Gasteiger partial charge in [-0.1, -0.05) is 6.07 Å². The van der Waals surface area contributed by atoms with E-state index in [1.807, 2.05) is 0 Å². The third-order valence-corrected chi connectivity index (χ3v) is 4.75. The first kappa shape index (κ1) is 14.9. The van der Waals surface area contributed by atoms with E-state index in [4.69, 9.17) is 5.14 Å². The Balaban J connectivity index is 1.98. The average molecular weight is 321 g/mol. The molecular formula is C15H16FN3O2S. The molecule has 3 N–H and O–H groups in total. The third-order valence-electron chi connectivity index (χ3n) is 3.81. The summed E-state index contributed by atoms with van der Waals surface area (Å²) in [6.45, 7) is 0. The highest BCUT2D eigenvalue weighted by molar-refractivity contribution is 7.89. The highest BCUT2D eigenvalue weighted by Crippen LogP contribution is 2.33. The summed E-state index contributed by atoms with van der Waals surface area (Å²) in [6, 6.07) is 7.44. The number of sulfonamides is 1. The summed E-state index contributed by atoms with van der Waals surface area (Å²) < 4.78 is 36.8. The lowest BCUT2D eigenvalue weighted by Crippen LogP contribution is -2.21. The summed E-state index contributed by atoms with van der Waals surface area (Å²) in [4.78, 5) is 4.01. The van der Waals surface area contributed by atoms with Crippen molar-refractivity contribution in [2.45, 2.75) is 30.2 Å². The van der Waals surface area contributed by atoms with Crippen LogP contribution in [0.5, 0.6) is 0 Å². The van der Waals surface area contributed by atoms with Crippen LogP contribution in [0.25, 0.3) is 0 Å². The number of hydrogen-bond donors (Lipinski definition) is 2. The van der Waals surface area contributed by atoms with E-state index in [1.165, 1.54) is 30.5 Å². The maximum Gasteiger partial charge on any atom is 0.241 e. The van der Waals surface area contributed by atoms with Crippen LogP contribution >= 0.6 is 0 Å². The zero-order valence-electron chi connectivity index (χ0n) is 11.8. The topological polar surface area (TPSA) is 85.1 Å². The fourth-order valence-electron chi connectivity index (χ4n) is 2.81. The van der Waals surface area contributed by atoms with Crippen LogP contribution in [0.4, 0.5) is 10.2 Å². The van der Waals surface area contributed by atoms with E-state index in [0.29, 0.717) is 0 Å². The molecule has 0 spiro atoms. The van der Waals surface area contributed by atoms with Crippen LogP contribution in [-0.4, -0.2) is 13.4 Å². The molecule has 0 amide bonds. The van der Waals surface area contributed by atoms with Crippen molar-refractivity contribution in [3.8, 4) is 0 Å². The van der Waals surface area contributed by atoms with Crippen LogP contribution in [0.15, 0.2) is 41.4 Å². The predicted molar refractivity (Wildman–Crippen MR) is 81.3 cm³/mol. The summed E-state index contributed by atoms with van der Waals surface area (Å²) in [5.74, 6) is -0.104. The van der Waals surface area contributed by atoms with Crippen LogP contribution in [0.1, 0.15) is 30.0 Å². The average Bonchev–Trinajstić information content (AvgIpc) is 2.47. The van der Waals surface area contributed by atoms with Crippen molar-refractivity contribution in [3.05, 3.63) is 53.5 Å². The highest BCUT2D eigenvalue weighted by atomic mass is 32.2. The van der Waals surface area contributed by atoms with E-state index in [1.54, 1.807) is 6.07 Å². The number of fused-ring (bicyclic) bond motifs is 1. The molecule has 1 aromatic carbocycles. The number of nitrogens with zero attached hydrogens (tertiary/aromatic N) is 1. The molecule has 22 heavy (non-hydrogen) atoms. The number of aromatic nitrogens is 1. The zero-order valence-corrected chi connectivity index (χ0v) is 12.6. The van der Waals surface area contributed by atoms with Crippen molar-refractivity contribution in [2.75, 3.05) is 5.32 Å². The van der Waals surface area contributed by atoms with E-state index in [2.05, 4.69) is 10.3 Å². The van der Waals surface area contributed by atoms with Gasteiger partial charge in [0.05, 0.1) is 6.04 Å². The number of nitrogens with one attached hydrogen (secondary N) is 1. The van der Waals surface area contributed by atoms with Gasteiger partial charge in [0.15, 0.2) is 0 Å². The van der Waals surface area contributed by atoms with Gasteiger partial charge in [0.25, 0.3) is 0 Å². The van der Waals surface area contributed by atoms with Crippen molar-refractivity contribution in [1.82, 2.24) is 4.98 Å². The van der Waals surface area contributed by atoms with Gasteiger partial charge in [-0.25, -0.2) is 22.9 Å². The molecule has 1 atom stereocenters. The minimum atomic E-state index is -3.87. The van der Waals surface area contributed by atoms with E-state index >= 15 is 0 Å². The van der Waals surface area contributed by atoms with Crippen LogP contribution in [-0.2, 0) is 16.4 Å². The molecule has 0 bridgehead atoms. The number of benzene rings is 1. The highest BCUT2D eigenvalue weighted by Gasteiger charge is 2.23. The van der Waals surface area contributed by atoms with E-state index < -0.39 is 10.0 Å². The Hall–Kier alpha value is -1.99. The lowest BCUT2D eigenvalue weighted by Gasteiger charge is -2.27. The van der Waals surface area contributed by atoms with Crippen LogP contribution in [0, 0.1) is 5.82 Å². The molecule has 1 unspecified atom stereocenters. The number of halogens is 1. The molecule has 0 saturated heterocycles. The Morgan fingerprint density at radius 3 is 2.91 bits per heavy atom. The molecule has 1 aliphatic carbocycles. The minimum Gasteiger partial charge on any atom is -0.362 e. The molecule has 7 heteroatoms. The lowest BCUT2D eigenvalue weighted by molar-refractivity contribution is 0.576. The normalized spacial score (nSPS) is 17.8. The number of pyridine rings is 1. The Labute approximate surface area is 128 Å². The number of primary sulfonamides is 1. The van der Waals surface area contributed by atoms with Gasteiger partial charge in [0, 0.05) is 6.20 Å². The minimum absolute atomic E-state index is 0.0569. The Kier molecular flexibility index (Phi) is 3.84. The maximum absolute atomic E-state index is 13.5. The summed E-state index contributed by atoms with van der Waals surface area (Å²) in [5, 5.41) is 8.32. The summed E-state index contributed by atoms with van der Waals surface area (Å²) in [5.41, 5.74) is 1.91. The number of rotatable bonds is 3. The van der Waals surface area contributed by atoms with Crippen molar-refractivity contribution < 1.29 is 12.8 Å². The van der Waals surface area contributed by atoms with E-state index in [0.717, 1.165) is 30.4 Å². The summed E-state index contributed by atoms with van der Waals surface area (Å²) in [6.07, 6.45) is 4.09. The van der Waals surface area contributed by atoms with Crippen molar-refractivity contribution >= 4 is 15.8 Å². The van der Waals surface area contributed by atoms with Gasteiger partial charge in [-0.3, -0.25) is 0 Å². The van der Waals surface area contributed by atoms with Crippen molar-refractivity contribution in [1.29, 1.82) is 0 Å². The van der Waals surface area contributed by atoms with Gasteiger partial charge in [-0.05, 0) is 54.7 Å². The SMILES string of the molecule is NS(=O)(=O)c1cccnc1NC1CCCc2ccc(F)cc21. The number of hydrogen-bond acceptors (Lipinski definition) is 4. The number of anilines is 1. The first-order valence-corrected chi connectivity index (χ1v) is 8.52.